The molecule has 3 rings (SSSR count). The molecular weight excluding hydrogens is 253 g/mol. The van der Waals surface area contributed by atoms with Crippen LogP contribution in [0.3, 0.4) is 0 Å². The van der Waals surface area contributed by atoms with Crippen molar-refractivity contribution in [2.75, 3.05) is 0 Å². The van der Waals surface area contributed by atoms with Crippen LogP contribution in [0.25, 0.3) is 10.9 Å². The molecule has 5 heteroatoms. The number of para-hydroxylation sites is 1. The number of hydrogen-bond donors (Lipinski definition) is 0. The van der Waals surface area contributed by atoms with Crippen molar-refractivity contribution in [2.24, 2.45) is 5.92 Å². The lowest BCUT2D eigenvalue weighted by atomic mass is 10.3. The lowest BCUT2D eigenvalue weighted by molar-refractivity contribution is -0.141. The standard InChI is InChI=1S/C9H7F3N2.C5H10/c10-9(11,12)6-14-8-4-2-1-3-7(8)5-13-14;1-2-5-3-4-5/h1-5H,6H2;5H,2-4H2,1H3. The maximum absolute atomic E-state index is 12.1. The van der Waals surface area contributed by atoms with Crippen molar-refractivity contribution in [3.8, 4) is 0 Å². The highest BCUT2D eigenvalue weighted by molar-refractivity contribution is 5.78. The molecule has 0 N–H and O–H groups in total. The Balaban J connectivity index is 0.000000224. The second-order valence-corrected chi connectivity index (χ2v) is 4.83. The van der Waals surface area contributed by atoms with Gasteiger partial charge in [-0.2, -0.15) is 18.3 Å². The molecule has 1 heterocycles. The smallest absolute Gasteiger partial charge is 0.256 e. The van der Waals surface area contributed by atoms with Gasteiger partial charge in [0.05, 0.1) is 11.7 Å². The number of halogens is 3. The van der Waals surface area contributed by atoms with Crippen LogP contribution in [0, 0.1) is 5.92 Å². The third kappa shape index (κ3) is 4.26. The SMILES string of the molecule is CCC1CC1.FC(F)(F)Cn1ncc2ccccc21. The van der Waals surface area contributed by atoms with Crippen molar-refractivity contribution < 1.29 is 13.2 Å². The molecule has 1 aromatic carbocycles. The fourth-order valence-corrected chi connectivity index (χ4v) is 1.85. The normalized spacial score (nSPS) is 15.2. The maximum atomic E-state index is 12.1. The fourth-order valence-electron chi connectivity index (χ4n) is 1.85. The zero-order valence-corrected chi connectivity index (χ0v) is 10.8. The van der Waals surface area contributed by atoms with E-state index in [-0.39, 0.29) is 0 Å². The van der Waals surface area contributed by atoms with Crippen LogP contribution in [0.15, 0.2) is 30.5 Å². The number of nitrogens with zero attached hydrogens (tertiary/aromatic N) is 2. The lowest BCUT2D eigenvalue weighted by Crippen LogP contribution is -2.18. The highest BCUT2D eigenvalue weighted by atomic mass is 19.4. The van der Waals surface area contributed by atoms with E-state index in [1.165, 1.54) is 25.5 Å². The van der Waals surface area contributed by atoms with Gasteiger partial charge in [0, 0.05) is 5.39 Å². The van der Waals surface area contributed by atoms with Crippen molar-refractivity contribution in [3.05, 3.63) is 30.5 Å². The Kier molecular flexibility index (Phi) is 4.12. The minimum absolute atomic E-state index is 0.504. The summed E-state index contributed by atoms with van der Waals surface area (Å²) in [6.45, 7) is 1.22. The van der Waals surface area contributed by atoms with Gasteiger partial charge in [-0.05, 0) is 12.0 Å². The Morgan fingerprint density at radius 1 is 1.26 bits per heavy atom. The Morgan fingerprint density at radius 3 is 2.47 bits per heavy atom. The quantitative estimate of drug-likeness (QED) is 0.790. The van der Waals surface area contributed by atoms with Crippen molar-refractivity contribution in [2.45, 2.75) is 38.9 Å². The minimum atomic E-state index is -4.23. The number of rotatable bonds is 2. The molecule has 1 aromatic heterocycles. The van der Waals surface area contributed by atoms with E-state index in [0.29, 0.717) is 5.52 Å². The van der Waals surface area contributed by atoms with Crippen LogP contribution in [0.5, 0.6) is 0 Å². The predicted octanol–water partition coefficient (Wildman–Crippen LogP) is 4.41. The summed E-state index contributed by atoms with van der Waals surface area (Å²) in [4.78, 5) is 0. The summed E-state index contributed by atoms with van der Waals surface area (Å²) in [7, 11) is 0. The first-order valence-corrected chi connectivity index (χ1v) is 6.47. The molecule has 0 aliphatic heterocycles. The first-order chi connectivity index (χ1) is 8.99. The van der Waals surface area contributed by atoms with Gasteiger partial charge < -0.3 is 0 Å². The first-order valence-electron chi connectivity index (χ1n) is 6.47. The largest absolute Gasteiger partial charge is 0.408 e. The number of fused-ring (bicyclic) bond motifs is 1. The molecule has 0 atom stereocenters. The van der Waals surface area contributed by atoms with Gasteiger partial charge in [-0.15, -0.1) is 0 Å². The van der Waals surface area contributed by atoms with Gasteiger partial charge in [-0.3, -0.25) is 4.68 Å². The van der Waals surface area contributed by atoms with Crippen LogP contribution in [-0.2, 0) is 6.54 Å². The highest BCUT2D eigenvalue weighted by Crippen LogP contribution is 2.31. The molecule has 1 fully saturated rings. The van der Waals surface area contributed by atoms with Crippen LogP contribution < -0.4 is 0 Å². The Hall–Kier alpha value is -1.52. The van der Waals surface area contributed by atoms with Gasteiger partial charge in [0.25, 0.3) is 0 Å². The molecule has 2 aromatic rings. The maximum Gasteiger partial charge on any atom is 0.408 e. The zero-order valence-electron chi connectivity index (χ0n) is 10.8. The van der Waals surface area contributed by atoms with E-state index in [2.05, 4.69) is 12.0 Å². The third-order valence-corrected chi connectivity index (χ3v) is 3.15. The molecule has 2 nitrogen and oxygen atoms in total. The van der Waals surface area contributed by atoms with Crippen LogP contribution in [0.2, 0.25) is 0 Å². The Labute approximate surface area is 110 Å². The van der Waals surface area contributed by atoms with Crippen LogP contribution in [-0.4, -0.2) is 16.0 Å². The number of aromatic nitrogens is 2. The summed E-state index contributed by atoms with van der Waals surface area (Å²) in [6, 6.07) is 6.81. The molecule has 0 amide bonds. The second kappa shape index (κ2) is 5.63. The second-order valence-electron chi connectivity index (χ2n) is 4.83. The van der Waals surface area contributed by atoms with Crippen molar-refractivity contribution in [1.82, 2.24) is 9.78 Å². The van der Waals surface area contributed by atoms with Crippen LogP contribution in [0.4, 0.5) is 13.2 Å². The predicted molar refractivity (Wildman–Crippen MR) is 68.8 cm³/mol. The van der Waals surface area contributed by atoms with Gasteiger partial charge in [0.15, 0.2) is 0 Å². The summed E-state index contributed by atoms with van der Waals surface area (Å²) in [5.41, 5.74) is 0.504. The summed E-state index contributed by atoms with van der Waals surface area (Å²) in [5.74, 6) is 1.13. The molecule has 0 saturated heterocycles. The summed E-state index contributed by atoms with van der Waals surface area (Å²) in [6.07, 6.45) is 1.64. The van der Waals surface area contributed by atoms with Crippen LogP contribution >= 0.6 is 0 Å². The Bertz CT molecular complexity index is 527. The average molecular weight is 270 g/mol. The van der Waals surface area contributed by atoms with E-state index in [1.54, 1.807) is 24.3 Å². The summed E-state index contributed by atoms with van der Waals surface area (Å²) in [5, 5.41) is 4.40. The summed E-state index contributed by atoms with van der Waals surface area (Å²) < 4.78 is 37.2. The third-order valence-electron chi connectivity index (χ3n) is 3.15. The van der Waals surface area contributed by atoms with Crippen molar-refractivity contribution >= 4 is 10.9 Å². The van der Waals surface area contributed by atoms with Gasteiger partial charge in [-0.1, -0.05) is 44.4 Å². The Morgan fingerprint density at radius 2 is 1.95 bits per heavy atom. The molecule has 0 bridgehead atoms. The molecule has 104 valence electrons. The van der Waals surface area contributed by atoms with E-state index in [9.17, 15) is 13.2 Å². The molecule has 19 heavy (non-hydrogen) atoms. The average Bonchev–Trinajstić information content (AvgIpc) is 3.12. The monoisotopic (exact) mass is 270 g/mol. The molecule has 0 unspecified atom stereocenters. The number of hydrogen-bond acceptors (Lipinski definition) is 1. The molecular formula is C14H17F3N2. The zero-order chi connectivity index (χ0) is 13.9. The van der Waals surface area contributed by atoms with Gasteiger partial charge >= 0.3 is 6.18 Å². The topological polar surface area (TPSA) is 17.8 Å². The molecule has 1 aliphatic carbocycles. The number of benzene rings is 1. The van der Waals surface area contributed by atoms with E-state index >= 15 is 0 Å². The molecule has 1 saturated carbocycles. The summed E-state index contributed by atoms with van der Waals surface area (Å²) >= 11 is 0. The molecule has 1 aliphatic rings. The highest BCUT2D eigenvalue weighted by Gasteiger charge is 2.28. The van der Waals surface area contributed by atoms with Crippen molar-refractivity contribution in [3.63, 3.8) is 0 Å². The molecule has 0 radical (unpaired) electrons. The van der Waals surface area contributed by atoms with E-state index < -0.39 is 12.7 Å². The van der Waals surface area contributed by atoms with E-state index in [4.69, 9.17) is 0 Å². The lowest BCUT2D eigenvalue weighted by Gasteiger charge is -2.06. The van der Waals surface area contributed by atoms with Gasteiger partial charge in [-0.25, -0.2) is 0 Å². The minimum Gasteiger partial charge on any atom is -0.256 e. The van der Waals surface area contributed by atoms with Gasteiger partial charge in [0.2, 0.25) is 0 Å². The van der Waals surface area contributed by atoms with E-state index in [1.807, 2.05) is 0 Å². The van der Waals surface area contributed by atoms with Gasteiger partial charge in [0.1, 0.15) is 6.54 Å². The molecule has 0 spiro atoms. The number of alkyl halides is 3. The van der Waals surface area contributed by atoms with E-state index in [0.717, 1.165) is 16.0 Å². The van der Waals surface area contributed by atoms with Crippen LogP contribution in [0.1, 0.15) is 26.2 Å². The first kappa shape index (κ1) is 13.9. The fraction of sp³-hybridized carbons (Fsp3) is 0.500. The van der Waals surface area contributed by atoms with Crippen molar-refractivity contribution in [1.29, 1.82) is 0 Å².